The van der Waals surface area contributed by atoms with Gasteiger partial charge in [-0.2, -0.15) is 0 Å². The maximum atomic E-state index is 14.1. The molecule has 0 radical (unpaired) electrons. The van der Waals surface area contributed by atoms with Crippen LogP contribution in [0.1, 0.15) is 58.2 Å². The normalized spacial score (nSPS) is 23.1. The molecule has 188 valence electrons. The van der Waals surface area contributed by atoms with E-state index < -0.39 is 23.6 Å². The van der Waals surface area contributed by atoms with Crippen LogP contribution in [0.15, 0.2) is 54.6 Å². The monoisotopic (exact) mass is 499 g/mol. The van der Waals surface area contributed by atoms with E-state index in [2.05, 4.69) is 27.0 Å². The van der Waals surface area contributed by atoms with Gasteiger partial charge in [0.15, 0.2) is 0 Å². The van der Waals surface area contributed by atoms with Gasteiger partial charge in [0.05, 0.1) is 6.04 Å². The summed E-state index contributed by atoms with van der Waals surface area (Å²) in [5.41, 5.74) is 2.26. The van der Waals surface area contributed by atoms with Crippen molar-refractivity contribution >= 4 is 5.91 Å². The Morgan fingerprint density at radius 3 is 2.65 bits per heavy atom. The van der Waals surface area contributed by atoms with Gasteiger partial charge in [-0.3, -0.25) is 9.69 Å². The van der Waals surface area contributed by atoms with E-state index in [1.165, 1.54) is 43.2 Å². The number of likely N-dealkylation sites (tertiary alicyclic amines) is 1. The molecule has 1 unspecified atom stereocenters. The maximum absolute atomic E-state index is 14.1. The number of pyridine rings is 1. The first-order valence-electron chi connectivity index (χ1n) is 12.6. The number of fused-ring (bicyclic) bond motifs is 1. The molecule has 2 aromatic carbocycles. The highest BCUT2D eigenvalue weighted by Gasteiger charge is 2.60. The van der Waals surface area contributed by atoms with Gasteiger partial charge in [0, 0.05) is 41.4 Å². The maximum Gasteiger partial charge on any atom is 0.270 e. The highest BCUT2D eigenvalue weighted by Crippen LogP contribution is 2.59. The number of hydrogen-bond acceptors (Lipinski definition) is 4. The Balaban J connectivity index is 1.27. The number of piperidine rings is 1. The minimum Gasteiger partial charge on any atom is -0.508 e. The topological polar surface area (TPSA) is 65.5 Å². The van der Waals surface area contributed by atoms with Gasteiger partial charge in [-0.15, -0.1) is 0 Å². The molecule has 6 rings (SSSR count). The van der Waals surface area contributed by atoms with Crippen molar-refractivity contribution in [1.82, 2.24) is 15.2 Å². The molecule has 2 aliphatic carbocycles. The fourth-order valence-electron chi connectivity index (χ4n) is 5.45. The number of rotatable bonds is 5. The molecule has 1 aliphatic heterocycles. The molecular weight excluding hydrogens is 472 g/mol. The second kappa shape index (κ2) is 8.97. The molecule has 2 saturated carbocycles. The second-order valence-electron chi connectivity index (χ2n) is 10.5. The second-order valence-corrected chi connectivity index (χ2v) is 10.5. The number of amides is 1. The molecule has 3 aliphatic rings. The number of phenols is 1. The number of carbonyl (C=O) groups is 1. The van der Waals surface area contributed by atoms with Gasteiger partial charge >= 0.3 is 0 Å². The Bertz CT molecular complexity index is 1440. The molecule has 2 N–H and O–H groups in total. The zero-order valence-corrected chi connectivity index (χ0v) is 20.5. The summed E-state index contributed by atoms with van der Waals surface area (Å²) in [6.07, 6.45) is 3.73. The summed E-state index contributed by atoms with van der Waals surface area (Å²) in [5, 5.41) is 13.3. The summed E-state index contributed by atoms with van der Waals surface area (Å²) < 4.78 is 27.6. The number of halogens is 2. The lowest BCUT2D eigenvalue weighted by Gasteiger charge is -2.21. The number of benzene rings is 2. The van der Waals surface area contributed by atoms with Crippen LogP contribution in [-0.4, -0.2) is 40.0 Å². The van der Waals surface area contributed by atoms with Gasteiger partial charge < -0.3 is 10.4 Å². The summed E-state index contributed by atoms with van der Waals surface area (Å²) in [6, 6.07) is 12.3. The molecule has 37 heavy (non-hydrogen) atoms. The summed E-state index contributed by atoms with van der Waals surface area (Å²) in [4.78, 5) is 20.3. The van der Waals surface area contributed by atoms with Crippen molar-refractivity contribution in [1.29, 1.82) is 0 Å². The lowest BCUT2D eigenvalue weighted by molar-refractivity contribution is 0.0937. The third kappa shape index (κ3) is 4.82. The Morgan fingerprint density at radius 1 is 1.14 bits per heavy atom. The zero-order chi connectivity index (χ0) is 25.7. The first-order chi connectivity index (χ1) is 17.8. The molecule has 5 nitrogen and oxygen atoms in total. The average molecular weight is 500 g/mol. The fraction of sp³-hybridized carbons (Fsp3) is 0.333. The predicted molar refractivity (Wildman–Crippen MR) is 135 cm³/mol. The van der Waals surface area contributed by atoms with E-state index in [9.17, 15) is 18.7 Å². The quantitative estimate of drug-likeness (QED) is 0.499. The van der Waals surface area contributed by atoms with E-state index in [1.54, 1.807) is 13.0 Å². The smallest absolute Gasteiger partial charge is 0.270 e. The summed E-state index contributed by atoms with van der Waals surface area (Å²) in [6.45, 7) is 3.98. The lowest BCUT2D eigenvalue weighted by Crippen LogP contribution is -2.30. The van der Waals surface area contributed by atoms with Crippen LogP contribution in [0.5, 0.6) is 5.75 Å². The lowest BCUT2D eigenvalue weighted by atomic mass is 9.97. The molecule has 1 saturated heterocycles. The van der Waals surface area contributed by atoms with Gasteiger partial charge in [0.25, 0.3) is 5.91 Å². The van der Waals surface area contributed by atoms with Gasteiger partial charge in [0.2, 0.25) is 0 Å². The number of aromatic nitrogens is 1. The van der Waals surface area contributed by atoms with Gasteiger partial charge in [-0.25, -0.2) is 13.8 Å². The number of hydrogen-bond donors (Lipinski definition) is 2. The first-order valence-corrected chi connectivity index (χ1v) is 12.6. The molecule has 0 spiro atoms. The minimum atomic E-state index is -0.918. The van der Waals surface area contributed by atoms with Crippen molar-refractivity contribution < 1.29 is 18.7 Å². The molecule has 7 heteroatoms. The van der Waals surface area contributed by atoms with Crippen LogP contribution in [0.2, 0.25) is 0 Å². The first kappa shape index (κ1) is 23.6. The molecule has 3 fully saturated rings. The minimum absolute atomic E-state index is 0.0742. The Kier molecular flexibility index (Phi) is 5.73. The highest BCUT2D eigenvalue weighted by atomic mass is 19.1. The predicted octanol–water partition coefficient (Wildman–Crippen LogP) is 4.73. The molecular formula is C30H27F2N3O2. The SMILES string of the molecule is Cc1cc(C#C[C@]23C[C@H]2CN(C2CC2)C3)cc(C(=O)NC(c2ccc(F)cc2)c2cc(F)ccc2O)n1. The van der Waals surface area contributed by atoms with Gasteiger partial charge in [0.1, 0.15) is 23.1 Å². The van der Waals surface area contributed by atoms with Crippen molar-refractivity contribution in [3.63, 3.8) is 0 Å². The molecule has 0 bridgehead atoms. The number of nitrogens with zero attached hydrogens (tertiary/aromatic N) is 2. The van der Waals surface area contributed by atoms with Gasteiger partial charge in [-0.1, -0.05) is 24.0 Å². The molecule has 3 atom stereocenters. The number of phenolic OH excluding ortho intramolecular Hbond substituents is 1. The van der Waals surface area contributed by atoms with Crippen LogP contribution in [0.4, 0.5) is 8.78 Å². The van der Waals surface area contributed by atoms with E-state index >= 15 is 0 Å². The van der Waals surface area contributed by atoms with Crippen LogP contribution in [0, 0.1) is 41.7 Å². The zero-order valence-electron chi connectivity index (χ0n) is 20.5. The molecule has 2 heterocycles. The van der Waals surface area contributed by atoms with Crippen molar-refractivity contribution in [3.8, 4) is 17.6 Å². The third-order valence-corrected chi connectivity index (χ3v) is 7.66. The standard InChI is InChI=1S/C30H27F2N3O2/c1-18-12-19(10-11-30-15-21(30)16-35(17-30)24-7-8-24)13-26(33-18)29(37)34-28(20-2-4-22(31)5-3-20)25-14-23(32)6-9-27(25)36/h2-6,9,12-14,21,24,28,36H,7-8,15-17H2,1H3,(H,34,37)/t21-,28?,30+/m0/s1. The van der Waals surface area contributed by atoms with Gasteiger partial charge in [-0.05, 0) is 80.1 Å². The molecule has 1 aromatic heterocycles. The summed E-state index contributed by atoms with van der Waals surface area (Å²) >= 11 is 0. The van der Waals surface area contributed by atoms with E-state index in [0.717, 1.165) is 43.2 Å². The Hall–Kier alpha value is -3.76. The Labute approximate surface area is 214 Å². The van der Waals surface area contributed by atoms with E-state index in [4.69, 9.17) is 0 Å². The number of nitrogens with one attached hydrogen (secondary N) is 1. The van der Waals surface area contributed by atoms with E-state index in [0.29, 0.717) is 17.2 Å². The van der Waals surface area contributed by atoms with E-state index in [-0.39, 0.29) is 22.4 Å². The van der Waals surface area contributed by atoms with Crippen molar-refractivity contribution in [2.24, 2.45) is 11.3 Å². The summed E-state index contributed by atoms with van der Waals surface area (Å²) in [7, 11) is 0. The third-order valence-electron chi connectivity index (χ3n) is 7.66. The Morgan fingerprint density at radius 2 is 1.89 bits per heavy atom. The average Bonchev–Trinajstić information content (AvgIpc) is 3.81. The van der Waals surface area contributed by atoms with Crippen LogP contribution in [0.25, 0.3) is 0 Å². The highest BCUT2D eigenvalue weighted by molar-refractivity contribution is 5.93. The van der Waals surface area contributed by atoms with Crippen molar-refractivity contribution in [2.75, 3.05) is 13.1 Å². The van der Waals surface area contributed by atoms with Crippen molar-refractivity contribution in [2.45, 2.75) is 38.3 Å². The fourth-order valence-corrected chi connectivity index (χ4v) is 5.45. The van der Waals surface area contributed by atoms with E-state index in [1.807, 2.05) is 6.07 Å². The summed E-state index contributed by atoms with van der Waals surface area (Å²) in [5.74, 6) is 5.74. The molecule has 1 amide bonds. The number of carbonyl (C=O) groups excluding carboxylic acids is 1. The van der Waals surface area contributed by atoms with Crippen molar-refractivity contribution in [3.05, 3.63) is 94.3 Å². The number of aryl methyl sites for hydroxylation is 1. The van der Waals surface area contributed by atoms with Crippen LogP contribution < -0.4 is 5.32 Å². The molecule has 3 aromatic rings. The van der Waals surface area contributed by atoms with Crippen LogP contribution in [-0.2, 0) is 0 Å². The number of aromatic hydroxyl groups is 1. The van der Waals surface area contributed by atoms with Crippen LogP contribution in [0.3, 0.4) is 0 Å². The van der Waals surface area contributed by atoms with Crippen LogP contribution >= 0.6 is 0 Å². The largest absolute Gasteiger partial charge is 0.508 e.